The van der Waals surface area contributed by atoms with Crippen molar-refractivity contribution in [1.29, 1.82) is 0 Å². The van der Waals surface area contributed by atoms with Crippen molar-refractivity contribution in [1.82, 2.24) is 0 Å². The van der Waals surface area contributed by atoms with Gasteiger partial charge in [0.25, 0.3) is 15.9 Å². The molecule has 7 nitrogen and oxygen atoms in total. The van der Waals surface area contributed by atoms with E-state index in [1.807, 2.05) is 32.0 Å². The fourth-order valence-corrected chi connectivity index (χ4v) is 4.17. The quantitative estimate of drug-likeness (QED) is 0.525. The Morgan fingerprint density at radius 2 is 1.62 bits per heavy atom. The maximum Gasteiger partial charge on any atom is 0.262 e. The van der Waals surface area contributed by atoms with E-state index in [1.54, 1.807) is 44.4 Å². The van der Waals surface area contributed by atoms with Crippen LogP contribution in [0.3, 0.4) is 0 Å². The molecule has 0 saturated heterocycles. The Balaban J connectivity index is 1.65. The Kier molecular flexibility index (Phi) is 7.05. The van der Waals surface area contributed by atoms with Crippen LogP contribution in [-0.4, -0.2) is 28.0 Å². The Morgan fingerprint density at radius 1 is 0.906 bits per heavy atom. The van der Waals surface area contributed by atoms with E-state index >= 15 is 0 Å². The first-order valence-corrected chi connectivity index (χ1v) is 11.4. The molecular formula is C24H26N2O5S. The molecule has 0 aliphatic heterocycles. The van der Waals surface area contributed by atoms with E-state index in [0.717, 1.165) is 16.8 Å². The number of carbonyl (C=O) groups is 1. The van der Waals surface area contributed by atoms with Gasteiger partial charge in [0, 0.05) is 11.4 Å². The highest BCUT2D eigenvalue weighted by Crippen LogP contribution is 2.24. The number of ether oxygens (including phenoxy) is 2. The Labute approximate surface area is 188 Å². The van der Waals surface area contributed by atoms with E-state index in [2.05, 4.69) is 10.0 Å². The minimum absolute atomic E-state index is 0.0954. The molecule has 0 fully saturated rings. The number of carbonyl (C=O) groups excluding carboxylic acids is 1. The van der Waals surface area contributed by atoms with Crippen molar-refractivity contribution in [2.24, 2.45) is 0 Å². The predicted molar refractivity (Wildman–Crippen MR) is 125 cm³/mol. The molecule has 168 valence electrons. The summed E-state index contributed by atoms with van der Waals surface area (Å²) in [6.45, 7) is 5.40. The third kappa shape index (κ3) is 5.79. The van der Waals surface area contributed by atoms with Crippen LogP contribution in [0.15, 0.2) is 65.6 Å². The normalized spacial score (nSPS) is 11.0. The standard InChI is InChI=1S/C24H26N2O5S/c1-16-5-6-17(2)22(13-16)25-24(27)15-31-23-12-11-21(14-18(23)3)32(28,29)26-19-7-9-20(30-4)10-8-19/h5-14,26H,15H2,1-4H3,(H,25,27). The Bertz CT molecular complexity index is 1220. The molecule has 0 aliphatic carbocycles. The maximum absolute atomic E-state index is 12.7. The number of amides is 1. The predicted octanol–water partition coefficient (Wildman–Crippen LogP) is 4.44. The van der Waals surface area contributed by atoms with Gasteiger partial charge in [-0.25, -0.2) is 8.42 Å². The topological polar surface area (TPSA) is 93.7 Å². The van der Waals surface area contributed by atoms with Gasteiger partial charge in [-0.15, -0.1) is 0 Å². The fourth-order valence-electron chi connectivity index (χ4n) is 3.02. The molecule has 0 heterocycles. The number of anilines is 2. The zero-order valence-electron chi connectivity index (χ0n) is 18.4. The molecule has 0 atom stereocenters. The van der Waals surface area contributed by atoms with Crippen molar-refractivity contribution in [3.63, 3.8) is 0 Å². The molecule has 2 N–H and O–H groups in total. The summed E-state index contributed by atoms with van der Waals surface area (Å²) in [5.74, 6) is 0.771. The van der Waals surface area contributed by atoms with Gasteiger partial charge in [0.1, 0.15) is 11.5 Å². The summed E-state index contributed by atoms with van der Waals surface area (Å²) in [6.07, 6.45) is 0. The highest BCUT2D eigenvalue weighted by Gasteiger charge is 2.16. The number of nitrogens with one attached hydrogen (secondary N) is 2. The van der Waals surface area contributed by atoms with Crippen molar-refractivity contribution in [2.45, 2.75) is 25.7 Å². The average molecular weight is 455 g/mol. The van der Waals surface area contributed by atoms with Gasteiger partial charge in [-0.05, 0) is 86.0 Å². The van der Waals surface area contributed by atoms with E-state index in [9.17, 15) is 13.2 Å². The van der Waals surface area contributed by atoms with Gasteiger partial charge < -0.3 is 14.8 Å². The lowest BCUT2D eigenvalue weighted by atomic mass is 10.1. The lowest BCUT2D eigenvalue weighted by molar-refractivity contribution is -0.118. The summed E-state index contributed by atoms with van der Waals surface area (Å²) >= 11 is 0. The van der Waals surface area contributed by atoms with Crippen molar-refractivity contribution < 1.29 is 22.7 Å². The van der Waals surface area contributed by atoms with Crippen molar-refractivity contribution in [3.05, 3.63) is 77.4 Å². The summed E-state index contributed by atoms with van der Waals surface area (Å²) < 4.78 is 38.6. The molecule has 8 heteroatoms. The van der Waals surface area contributed by atoms with Gasteiger partial charge in [0.05, 0.1) is 12.0 Å². The molecular weight excluding hydrogens is 428 g/mol. The molecule has 0 radical (unpaired) electrons. The van der Waals surface area contributed by atoms with Crippen LogP contribution in [0.4, 0.5) is 11.4 Å². The van der Waals surface area contributed by atoms with Gasteiger partial charge in [-0.3, -0.25) is 9.52 Å². The minimum atomic E-state index is -3.78. The van der Waals surface area contributed by atoms with Crippen LogP contribution in [-0.2, 0) is 14.8 Å². The summed E-state index contributed by atoms with van der Waals surface area (Å²) in [6, 6.07) is 16.9. The summed E-state index contributed by atoms with van der Waals surface area (Å²) in [7, 11) is -2.24. The molecule has 32 heavy (non-hydrogen) atoms. The molecule has 0 unspecified atom stereocenters. The van der Waals surface area contributed by atoms with Gasteiger partial charge in [0.2, 0.25) is 0 Å². The molecule has 3 aromatic carbocycles. The molecule has 0 bridgehead atoms. The molecule has 0 aromatic heterocycles. The van der Waals surface area contributed by atoms with E-state index in [-0.39, 0.29) is 17.4 Å². The number of hydrogen-bond acceptors (Lipinski definition) is 5. The summed E-state index contributed by atoms with van der Waals surface area (Å²) in [4.78, 5) is 12.4. The zero-order valence-corrected chi connectivity index (χ0v) is 19.2. The van der Waals surface area contributed by atoms with Gasteiger partial charge in [-0.1, -0.05) is 12.1 Å². The van der Waals surface area contributed by atoms with Crippen LogP contribution in [0.5, 0.6) is 11.5 Å². The molecule has 3 aromatic rings. The molecule has 0 aliphatic rings. The zero-order chi connectivity index (χ0) is 23.3. The maximum atomic E-state index is 12.7. The molecule has 3 rings (SSSR count). The van der Waals surface area contributed by atoms with E-state index in [0.29, 0.717) is 22.7 Å². The highest BCUT2D eigenvalue weighted by molar-refractivity contribution is 7.92. The smallest absolute Gasteiger partial charge is 0.262 e. The first kappa shape index (κ1) is 23.1. The Morgan fingerprint density at radius 3 is 2.28 bits per heavy atom. The van der Waals surface area contributed by atoms with Crippen molar-refractivity contribution in [2.75, 3.05) is 23.8 Å². The van der Waals surface area contributed by atoms with Crippen molar-refractivity contribution >= 4 is 27.3 Å². The first-order chi connectivity index (χ1) is 15.2. The monoisotopic (exact) mass is 454 g/mol. The van der Waals surface area contributed by atoms with Gasteiger partial charge in [-0.2, -0.15) is 0 Å². The van der Waals surface area contributed by atoms with Crippen LogP contribution >= 0.6 is 0 Å². The highest BCUT2D eigenvalue weighted by atomic mass is 32.2. The number of benzene rings is 3. The lowest BCUT2D eigenvalue weighted by Gasteiger charge is -2.13. The van der Waals surface area contributed by atoms with E-state index in [1.165, 1.54) is 12.1 Å². The van der Waals surface area contributed by atoms with Crippen LogP contribution in [0.1, 0.15) is 16.7 Å². The minimum Gasteiger partial charge on any atom is -0.497 e. The average Bonchev–Trinajstić information content (AvgIpc) is 2.75. The van der Waals surface area contributed by atoms with Gasteiger partial charge in [0.15, 0.2) is 6.61 Å². The SMILES string of the molecule is COc1ccc(NS(=O)(=O)c2ccc(OCC(=O)Nc3cc(C)ccc3C)c(C)c2)cc1. The second kappa shape index (κ2) is 9.74. The Hall–Kier alpha value is -3.52. The molecule has 1 amide bonds. The molecule has 0 saturated carbocycles. The van der Waals surface area contributed by atoms with Crippen LogP contribution < -0.4 is 19.5 Å². The lowest BCUT2D eigenvalue weighted by Crippen LogP contribution is -2.21. The van der Waals surface area contributed by atoms with Crippen molar-refractivity contribution in [3.8, 4) is 11.5 Å². The number of aryl methyl sites for hydroxylation is 3. The van der Waals surface area contributed by atoms with E-state index in [4.69, 9.17) is 9.47 Å². The number of sulfonamides is 1. The first-order valence-electron chi connectivity index (χ1n) is 9.95. The van der Waals surface area contributed by atoms with Gasteiger partial charge >= 0.3 is 0 Å². The van der Waals surface area contributed by atoms with E-state index < -0.39 is 10.0 Å². The fraction of sp³-hybridized carbons (Fsp3) is 0.208. The summed E-state index contributed by atoms with van der Waals surface area (Å²) in [5.41, 5.74) is 3.76. The number of hydrogen-bond donors (Lipinski definition) is 2. The summed E-state index contributed by atoms with van der Waals surface area (Å²) in [5, 5.41) is 2.83. The van der Waals surface area contributed by atoms with Crippen LogP contribution in [0.25, 0.3) is 0 Å². The third-order valence-corrected chi connectivity index (χ3v) is 6.20. The molecule has 0 spiro atoms. The van der Waals surface area contributed by atoms with Crippen LogP contribution in [0, 0.1) is 20.8 Å². The second-order valence-corrected chi connectivity index (χ2v) is 9.10. The number of rotatable bonds is 8. The second-order valence-electron chi connectivity index (χ2n) is 7.42. The third-order valence-electron chi connectivity index (χ3n) is 4.82. The van der Waals surface area contributed by atoms with Crippen LogP contribution in [0.2, 0.25) is 0 Å². The largest absolute Gasteiger partial charge is 0.497 e. The number of methoxy groups -OCH3 is 1.